The van der Waals surface area contributed by atoms with Crippen LogP contribution in [0.5, 0.6) is 0 Å². The molecule has 0 bridgehead atoms. The minimum atomic E-state index is -1.90. The third-order valence-corrected chi connectivity index (χ3v) is 6.98. The molecule has 1 N–H and O–H groups in total. The lowest BCUT2D eigenvalue weighted by atomic mass is 10.0. The molecule has 0 unspecified atom stereocenters. The van der Waals surface area contributed by atoms with Gasteiger partial charge < -0.3 is 19.7 Å². The van der Waals surface area contributed by atoms with Crippen LogP contribution in [0.15, 0.2) is 84.9 Å². The van der Waals surface area contributed by atoms with Crippen molar-refractivity contribution in [1.29, 1.82) is 0 Å². The molecule has 8 heteroatoms. The molecule has 39 heavy (non-hydrogen) atoms. The van der Waals surface area contributed by atoms with Crippen molar-refractivity contribution >= 4 is 39.3 Å². The molecule has 0 spiro atoms. The summed E-state index contributed by atoms with van der Waals surface area (Å²) in [5, 5.41) is 6.67. The Kier molecular flexibility index (Phi) is 7.56. The van der Waals surface area contributed by atoms with Crippen LogP contribution in [0.4, 0.5) is 4.39 Å². The molecule has 1 aliphatic rings. The van der Waals surface area contributed by atoms with Gasteiger partial charge in [0.25, 0.3) is 5.91 Å². The SMILES string of the molecule is COC[C@@]1(F)C[C@@H](C(=O)OCc2ccccc2)N(C(=O)CNC(=O)c2ccc3cc4ccccc4cc3c2)C1. The average Bonchev–Trinajstić information content (AvgIpc) is 3.31. The summed E-state index contributed by atoms with van der Waals surface area (Å²) in [6.07, 6.45) is -0.243. The van der Waals surface area contributed by atoms with E-state index in [1.165, 1.54) is 7.11 Å². The van der Waals surface area contributed by atoms with Gasteiger partial charge in [-0.1, -0.05) is 60.7 Å². The van der Waals surface area contributed by atoms with E-state index in [1.54, 1.807) is 24.3 Å². The molecule has 1 aliphatic heterocycles. The molecule has 2 atom stereocenters. The highest BCUT2D eigenvalue weighted by Crippen LogP contribution is 2.32. The molecular formula is C31H29FN2O5. The lowest BCUT2D eigenvalue weighted by Gasteiger charge is -2.23. The Morgan fingerprint density at radius 2 is 1.59 bits per heavy atom. The number of fused-ring (bicyclic) bond motifs is 2. The van der Waals surface area contributed by atoms with Gasteiger partial charge in [0.2, 0.25) is 5.91 Å². The summed E-state index contributed by atoms with van der Waals surface area (Å²) in [6, 6.07) is 25.3. The quantitative estimate of drug-likeness (QED) is 0.270. The van der Waals surface area contributed by atoms with Crippen LogP contribution >= 0.6 is 0 Å². The second-order valence-electron chi connectivity index (χ2n) is 9.86. The van der Waals surface area contributed by atoms with E-state index in [2.05, 4.69) is 11.4 Å². The molecule has 200 valence electrons. The highest BCUT2D eigenvalue weighted by molar-refractivity contribution is 6.03. The monoisotopic (exact) mass is 528 g/mol. The molecule has 7 nitrogen and oxygen atoms in total. The molecule has 4 aromatic carbocycles. The zero-order chi connectivity index (χ0) is 27.4. The summed E-state index contributed by atoms with van der Waals surface area (Å²) in [5.41, 5.74) is -0.725. The van der Waals surface area contributed by atoms with E-state index in [4.69, 9.17) is 9.47 Å². The second-order valence-corrected chi connectivity index (χ2v) is 9.86. The minimum Gasteiger partial charge on any atom is -0.459 e. The van der Waals surface area contributed by atoms with Gasteiger partial charge >= 0.3 is 5.97 Å². The number of carbonyl (C=O) groups is 3. The number of halogens is 1. The molecule has 0 saturated carbocycles. The fourth-order valence-corrected chi connectivity index (χ4v) is 5.04. The second kappa shape index (κ2) is 11.2. The molecule has 0 aromatic heterocycles. The molecule has 4 aromatic rings. The number of carbonyl (C=O) groups excluding carboxylic acids is 3. The Labute approximate surface area is 225 Å². The third kappa shape index (κ3) is 5.91. The van der Waals surface area contributed by atoms with Crippen molar-refractivity contribution in [3.8, 4) is 0 Å². The van der Waals surface area contributed by atoms with Crippen molar-refractivity contribution in [2.24, 2.45) is 0 Å². The molecule has 0 radical (unpaired) electrons. The predicted octanol–water partition coefficient (Wildman–Crippen LogP) is 4.42. The number of benzene rings is 4. The molecule has 5 rings (SSSR count). The number of hydrogen-bond donors (Lipinski definition) is 1. The average molecular weight is 529 g/mol. The molecule has 2 amide bonds. The number of amides is 2. The van der Waals surface area contributed by atoms with Gasteiger partial charge in [-0.05, 0) is 51.4 Å². The van der Waals surface area contributed by atoms with Crippen LogP contribution < -0.4 is 5.32 Å². The molecule has 1 saturated heterocycles. The van der Waals surface area contributed by atoms with E-state index >= 15 is 4.39 Å². The summed E-state index contributed by atoms with van der Waals surface area (Å²) in [5.74, 6) is -1.72. The Morgan fingerprint density at radius 1 is 0.923 bits per heavy atom. The first-order chi connectivity index (χ1) is 18.8. The maximum atomic E-state index is 15.4. The highest BCUT2D eigenvalue weighted by Gasteiger charge is 2.50. The fraction of sp³-hybridized carbons (Fsp3) is 0.258. The number of nitrogens with zero attached hydrogens (tertiary/aromatic N) is 1. The standard InChI is InChI=1S/C31H29FN2O5/c1-38-20-31(32)16-27(30(37)39-18-21-7-3-2-4-8-21)34(19-31)28(35)17-33-29(36)25-12-11-24-13-22-9-5-6-10-23(22)14-26(24)15-25/h2-15,27H,16-20H2,1H3,(H,33,36)/t27-,31+/m0/s1. The first-order valence-corrected chi connectivity index (χ1v) is 12.7. The third-order valence-electron chi connectivity index (χ3n) is 6.98. The topological polar surface area (TPSA) is 84.9 Å². The number of likely N-dealkylation sites (tertiary alicyclic amines) is 1. The summed E-state index contributed by atoms with van der Waals surface area (Å²) in [6.45, 7) is -0.975. The largest absolute Gasteiger partial charge is 0.459 e. The number of nitrogens with one attached hydrogen (secondary N) is 1. The number of rotatable bonds is 8. The molecule has 1 heterocycles. The van der Waals surface area contributed by atoms with E-state index in [0.29, 0.717) is 5.56 Å². The van der Waals surface area contributed by atoms with Gasteiger partial charge in [-0.3, -0.25) is 9.59 Å². The maximum Gasteiger partial charge on any atom is 0.329 e. The van der Waals surface area contributed by atoms with Gasteiger partial charge in [0.1, 0.15) is 12.6 Å². The van der Waals surface area contributed by atoms with Crippen molar-refractivity contribution < 1.29 is 28.2 Å². The number of hydrogen-bond acceptors (Lipinski definition) is 5. The van der Waals surface area contributed by atoms with E-state index < -0.39 is 29.5 Å². The Bertz CT molecular complexity index is 1530. The van der Waals surface area contributed by atoms with E-state index in [1.807, 2.05) is 54.6 Å². The Morgan fingerprint density at radius 3 is 2.31 bits per heavy atom. The van der Waals surface area contributed by atoms with E-state index in [0.717, 1.165) is 32.0 Å². The fourth-order valence-electron chi connectivity index (χ4n) is 5.04. The first kappa shape index (κ1) is 26.3. The normalized spacial score (nSPS) is 18.8. The van der Waals surface area contributed by atoms with Crippen LogP contribution in [0.3, 0.4) is 0 Å². The van der Waals surface area contributed by atoms with Crippen LogP contribution in [-0.2, 0) is 25.7 Å². The predicted molar refractivity (Wildman–Crippen MR) is 146 cm³/mol. The summed E-state index contributed by atoms with van der Waals surface area (Å²) >= 11 is 0. The molecule has 0 aliphatic carbocycles. The smallest absolute Gasteiger partial charge is 0.329 e. The number of ether oxygens (including phenoxy) is 2. The maximum absolute atomic E-state index is 15.4. The van der Waals surface area contributed by atoms with Crippen LogP contribution in [-0.4, -0.2) is 61.2 Å². The molecular weight excluding hydrogens is 499 g/mol. The Hall–Kier alpha value is -4.30. The number of esters is 1. The van der Waals surface area contributed by atoms with E-state index in [-0.39, 0.29) is 32.7 Å². The number of alkyl halides is 1. The van der Waals surface area contributed by atoms with Gasteiger partial charge in [0, 0.05) is 19.1 Å². The minimum absolute atomic E-state index is 0.00968. The van der Waals surface area contributed by atoms with Crippen LogP contribution in [0.25, 0.3) is 21.5 Å². The van der Waals surface area contributed by atoms with Gasteiger partial charge in [-0.15, -0.1) is 0 Å². The van der Waals surface area contributed by atoms with Crippen LogP contribution in [0.2, 0.25) is 0 Å². The van der Waals surface area contributed by atoms with Crippen molar-refractivity contribution in [2.45, 2.75) is 24.7 Å². The van der Waals surface area contributed by atoms with E-state index in [9.17, 15) is 14.4 Å². The first-order valence-electron chi connectivity index (χ1n) is 12.7. The van der Waals surface area contributed by atoms with Crippen molar-refractivity contribution in [3.05, 3.63) is 96.1 Å². The zero-order valence-electron chi connectivity index (χ0n) is 21.6. The van der Waals surface area contributed by atoms with Gasteiger partial charge in [-0.2, -0.15) is 0 Å². The van der Waals surface area contributed by atoms with Crippen molar-refractivity contribution in [3.63, 3.8) is 0 Å². The Balaban J connectivity index is 1.26. The van der Waals surface area contributed by atoms with Crippen molar-refractivity contribution in [2.75, 3.05) is 26.8 Å². The lowest BCUT2D eigenvalue weighted by molar-refractivity contribution is -0.154. The summed E-state index contributed by atoms with van der Waals surface area (Å²) < 4.78 is 25.8. The summed E-state index contributed by atoms with van der Waals surface area (Å²) in [7, 11) is 1.36. The van der Waals surface area contributed by atoms with Gasteiger partial charge in [0.15, 0.2) is 5.67 Å². The lowest BCUT2D eigenvalue weighted by Crippen LogP contribution is -2.46. The van der Waals surface area contributed by atoms with Crippen LogP contribution in [0.1, 0.15) is 22.3 Å². The molecule has 1 fully saturated rings. The number of methoxy groups -OCH3 is 1. The van der Waals surface area contributed by atoms with Gasteiger partial charge in [0.05, 0.1) is 19.7 Å². The zero-order valence-corrected chi connectivity index (χ0v) is 21.6. The summed E-state index contributed by atoms with van der Waals surface area (Å²) in [4.78, 5) is 40.1. The van der Waals surface area contributed by atoms with Crippen LogP contribution in [0, 0.1) is 0 Å². The van der Waals surface area contributed by atoms with Gasteiger partial charge in [-0.25, -0.2) is 9.18 Å². The highest BCUT2D eigenvalue weighted by atomic mass is 19.1. The van der Waals surface area contributed by atoms with Crippen molar-refractivity contribution in [1.82, 2.24) is 10.2 Å².